The van der Waals surface area contributed by atoms with E-state index >= 15 is 0 Å². The van der Waals surface area contributed by atoms with Gasteiger partial charge < -0.3 is 9.84 Å². The number of hydrogen-bond acceptors (Lipinski definition) is 4. The average molecular weight is 338 g/mol. The highest BCUT2D eigenvalue weighted by Crippen LogP contribution is 2.32. The zero-order valence-corrected chi connectivity index (χ0v) is 16.2. The van der Waals surface area contributed by atoms with Crippen LogP contribution >= 0.6 is 0 Å². The molecule has 0 spiro atoms. The minimum Gasteiger partial charge on any atom is -0.461 e. The molecule has 1 saturated heterocycles. The molecule has 0 amide bonds. The molecule has 0 unspecified atom stereocenters. The number of ether oxygens (including phenoxy) is 1. The molecular weight excluding hydrogens is 304 g/mol. The van der Waals surface area contributed by atoms with E-state index in [9.17, 15) is 14.7 Å². The number of hydrogen-bond donors (Lipinski definition) is 1. The standard InChI is InChI=1S/C20H34O4/c1-8-12(3)17(21)15(6)18(22)13(4)9-11(2)10-14(5)19-16(7)20(23)24-19/h9,12-17,19,21H,8,10H2,1-7H3/b11-9+/t12-,13-,14+,15+,16-,17-,19-/m1/s1. The summed E-state index contributed by atoms with van der Waals surface area (Å²) in [7, 11) is 0. The van der Waals surface area contributed by atoms with E-state index in [1.54, 1.807) is 0 Å². The van der Waals surface area contributed by atoms with Gasteiger partial charge in [-0.05, 0) is 32.1 Å². The molecule has 0 aromatic carbocycles. The number of ketones is 1. The summed E-state index contributed by atoms with van der Waals surface area (Å²) in [5.74, 6) is -0.271. The molecule has 138 valence electrons. The molecule has 1 rings (SSSR count). The number of Topliss-reactive ketones (excluding diaryl/α,β-unsaturated/α-hetero) is 1. The lowest BCUT2D eigenvalue weighted by Gasteiger charge is -2.37. The van der Waals surface area contributed by atoms with Crippen molar-refractivity contribution in [2.75, 3.05) is 0 Å². The summed E-state index contributed by atoms with van der Waals surface area (Å²) in [6.45, 7) is 13.7. The normalized spacial score (nSPS) is 27.5. The molecule has 0 bridgehead atoms. The van der Waals surface area contributed by atoms with Gasteiger partial charge in [0.05, 0.1) is 12.0 Å². The number of esters is 1. The van der Waals surface area contributed by atoms with Gasteiger partial charge in [0.1, 0.15) is 11.9 Å². The van der Waals surface area contributed by atoms with Crippen molar-refractivity contribution in [2.24, 2.45) is 29.6 Å². The zero-order valence-electron chi connectivity index (χ0n) is 16.2. The molecule has 1 aliphatic heterocycles. The summed E-state index contributed by atoms with van der Waals surface area (Å²) in [6, 6.07) is 0. The van der Waals surface area contributed by atoms with Crippen LogP contribution in [-0.4, -0.2) is 29.1 Å². The fourth-order valence-electron chi connectivity index (χ4n) is 3.53. The Morgan fingerprint density at radius 2 is 1.88 bits per heavy atom. The molecule has 24 heavy (non-hydrogen) atoms. The summed E-state index contributed by atoms with van der Waals surface area (Å²) in [5.41, 5.74) is 1.13. The molecular formula is C20H34O4. The van der Waals surface area contributed by atoms with Crippen LogP contribution in [0.25, 0.3) is 0 Å². The fourth-order valence-corrected chi connectivity index (χ4v) is 3.53. The van der Waals surface area contributed by atoms with Crippen LogP contribution in [0.15, 0.2) is 11.6 Å². The van der Waals surface area contributed by atoms with Gasteiger partial charge in [-0.1, -0.05) is 52.7 Å². The first kappa shape index (κ1) is 20.9. The Morgan fingerprint density at radius 1 is 1.29 bits per heavy atom. The maximum Gasteiger partial charge on any atom is 0.312 e. The van der Waals surface area contributed by atoms with E-state index in [2.05, 4.69) is 6.92 Å². The van der Waals surface area contributed by atoms with Crippen LogP contribution in [-0.2, 0) is 14.3 Å². The Bertz CT molecular complexity index is 482. The smallest absolute Gasteiger partial charge is 0.312 e. The van der Waals surface area contributed by atoms with Crippen LogP contribution in [0.3, 0.4) is 0 Å². The lowest BCUT2D eigenvalue weighted by molar-refractivity contribution is -0.188. The molecule has 0 aliphatic carbocycles. The van der Waals surface area contributed by atoms with Gasteiger partial charge in [0.25, 0.3) is 0 Å². The topological polar surface area (TPSA) is 63.6 Å². The summed E-state index contributed by atoms with van der Waals surface area (Å²) in [5, 5.41) is 10.3. The van der Waals surface area contributed by atoms with Crippen LogP contribution in [0.1, 0.15) is 61.3 Å². The minimum atomic E-state index is -0.590. The monoisotopic (exact) mass is 338 g/mol. The predicted octanol–water partition coefficient (Wildman–Crippen LogP) is 3.77. The molecule has 0 saturated carbocycles. The second-order valence-electron chi connectivity index (χ2n) is 7.74. The van der Waals surface area contributed by atoms with E-state index in [4.69, 9.17) is 4.74 Å². The lowest BCUT2D eigenvalue weighted by Crippen LogP contribution is -2.47. The Hall–Kier alpha value is -1.16. The van der Waals surface area contributed by atoms with Crippen molar-refractivity contribution in [3.63, 3.8) is 0 Å². The minimum absolute atomic E-state index is 0.0157. The first-order chi connectivity index (χ1) is 11.1. The van der Waals surface area contributed by atoms with E-state index < -0.39 is 6.10 Å². The molecule has 7 atom stereocenters. The Balaban J connectivity index is 2.60. The maximum atomic E-state index is 12.5. The van der Waals surface area contributed by atoms with Gasteiger partial charge in [-0.25, -0.2) is 0 Å². The summed E-state index contributed by atoms with van der Waals surface area (Å²) in [6.07, 6.45) is 3.05. The number of rotatable bonds is 9. The number of cyclic esters (lactones) is 1. The third-order valence-electron chi connectivity index (χ3n) is 5.49. The predicted molar refractivity (Wildman–Crippen MR) is 95.4 cm³/mol. The summed E-state index contributed by atoms with van der Waals surface area (Å²) < 4.78 is 5.21. The molecule has 1 heterocycles. The lowest BCUT2D eigenvalue weighted by atomic mass is 9.82. The van der Waals surface area contributed by atoms with Crippen LogP contribution in [0, 0.1) is 29.6 Å². The van der Waals surface area contributed by atoms with Crippen molar-refractivity contribution in [1.29, 1.82) is 0 Å². The van der Waals surface area contributed by atoms with Gasteiger partial charge in [-0.2, -0.15) is 0 Å². The number of carbonyl (C=O) groups is 2. The van der Waals surface area contributed by atoms with Gasteiger partial charge in [0, 0.05) is 11.8 Å². The van der Waals surface area contributed by atoms with E-state index in [1.807, 2.05) is 47.6 Å². The number of allylic oxidation sites excluding steroid dienone is 2. The van der Waals surface area contributed by atoms with Crippen LogP contribution in [0.5, 0.6) is 0 Å². The summed E-state index contributed by atoms with van der Waals surface area (Å²) >= 11 is 0. The quantitative estimate of drug-likeness (QED) is 0.513. The van der Waals surface area contributed by atoms with E-state index in [0.717, 1.165) is 18.4 Å². The zero-order chi connectivity index (χ0) is 18.6. The second-order valence-corrected chi connectivity index (χ2v) is 7.74. The van der Waals surface area contributed by atoms with Crippen molar-refractivity contribution >= 4 is 11.8 Å². The second kappa shape index (κ2) is 8.80. The van der Waals surface area contributed by atoms with E-state index in [1.165, 1.54) is 0 Å². The highest BCUT2D eigenvalue weighted by molar-refractivity contribution is 5.85. The van der Waals surface area contributed by atoms with Gasteiger partial charge in [-0.3, -0.25) is 9.59 Å². The van der Waals surface area contributed by atoms with Crippen molar-refractivity contribution in [1.82, 2.24) is 0 Å². The van der Waals surface area contributed by atoms with Crippen molar-refractivity contribution < 1.29 is 19.4 Å². The number of carbonyl (C=O) groups excluding carboxylic acids is 2. The van der Waals surface area contributed by atoms with Gasteiger partial charge in [-0.15, -0.1) is 0 Å². The van der Waals surface area contributed by atoms with Crippen LogP contribution in [0.4, 0.5) is 0 Å². The van der Waals surface area contributed by atoms with Crippen molar-refractivity contribution in [3.05, 3.63) is 11.6 Å². The largest absolute Gasteiger partial charge is 0.461 e. The van der Waals surface area contributed by atoms with E-state index in [0.29, 0.717) is 0 Å². The number of aliphatic hydroxyl groups excluding tert-OH is 1. The van der Waals surface area contributed by atoms with Crippen LogP contribution in [0.2, 0.25) is 0 Å². The fraction of sp³-hybridized carbons (Fsp3) is 0.800. The molecule has 0 aromatic rings. The molecule has 1 fully saturated rings. The molecule has 4 heteroatoms. The third-order valence-corrected chi connectivity index (χ3v) is 5.49. The molecule has 1 aliphatic rings. The van der Waals surface area contributed by atoms with Gasteiger partial charge >= 0.3 is 5.97 Å². The highest BCUT2D eigenvalue weighted by atomic mass is 16.6. The Kier molecular flexibility index (Phi) is 7.65. The Morgan fingerprint density at radius 3 is 2.33 bits per heavy atom. The molecule has 0 radical (unpaired) electrons. The summed E-state index contributed by atoms with van der Waals surface area (Å²) in [4.78, 5) is 23.8. The molecule has 1 N–H and O–H groups in total. The average Bonchev–Trinajstić information content (AvgIpc) is 2.55. The number of aliphatic hydroxyl groups is 1. The Labute approximate surface area is 146 Å². The SMILES string of the molecule is CC[C@@H](C)[C@@H](O)[C@H](C)C(=O)[C@H](C)/C=C(\C)C[C@H](C)[C@H]1OC(=O)[C@@H]1C. The molecule has 0 aromatic heterocycles. The maximum absolute atomic E-state index is 12.5. The first-order valence-corrected chi connectivity index (χ1v) is 9.19. The molecule has 4 nitrogen and oxygen atoms in total. The van der Waals surface area contributed by atoms with Gasteiger partial charge in [0.15, 0.2) is 0 Å². The third kappa shape index (κ3) is 4.92. The van der Waals surface area contributed by atoms with Crippen molar-refractivity contribution in [3.8, 4) is 0 Å². The highest BCUT2D eigenvalue weighted by Gasteiger charge is 2.41. The van der Waals surface area contributed by atoms with Gasteiger partial charge in [0.2, 0.25) is 0 Å². The van der Waals surface area contributed by atoms with E-state index in [-0.39, 0.29) is 47.4 Å². The van der Waals surface area contributed by atoms with Crippen LogP contribution < -0.4 is 0 Å². The van der Waals surface area contributed by atoms with Crippen molar-refractivity contribution in [2.45, 2.75) is 73.5 Å². The first-order valence-electron chi connectivity index (χ1n) is 9.19.